The minimum absolute atomic E-state index is 0.358. The highest BCUT2D eigenvalue weighted by molar-refractivity contribution is 6.30. The van der Waals surface area contributed by atoms with E-state index in [-0.39, 0.29) is 5.91 Å². The molecule has 0 saturated heterocycles. The molecule has 0 saturated carbocycles. The normalized spacial score (nSPS) is 13.4. The predicted molar refractivity (Wildman–Crippen MR) is 87.4 cm³/mol. The van der Waals surface area contributed by atoms with Crippen LogP contribution in [0.4, 0.5) is 5.69 Å². The second-order valence-electron chi connectivity index (χ2n) is 5.09. The van der Waals surface area contributed by atoms with Crippen LogP contribution in [0.2, 0.25) is 5.02 Å². The summed E-state index contributed by atoms with van der Waals surface area (Å²) in [7, 11) is 0. The molecular weight excluding hydrogens is 284 g/mol. The van der Waals surface area contributed by atoms with Gasteiger partial charge in [-0.15, -0.1) is 0 Å². The lowest BCUT2D eigenvalue weighted by Crippen LogP contribution is -2.51. The van der Waals surface area contributed by atoms with E-state index in [4.69, 9.17) is 17.3 Å². The summed E-state index contributed by atoms with van der Waals surface area (Å²) in [6.45, 7) is 1.95. The van der Waals surface area contributed by atoms with Gasteiger partial charge in [0.25, 0.3) is 0 Å². The van der Waals surface area contributed by atoms with Gasteiger partial charge in [-0.25, -0.2) is 0 Å². The molecule has 0 aliphatic rings. The molecule has 0 aliphatic carbocycles. The Morgan fingerprint density at radius 1 is 1.14 bits per heavy atom. The van der Waals surface area contributed by atoms with Crippen LogP contribution in [0.25, 0.3) is 0 Å². The van der Waals surface area contributed by atoms with E-state index in [0.29, 0.717) is 17.9 Å². The number of primary amides is 1. The largest absolute Gasteiger partial charge is 0.371 e. The van der Waals surface area contributed by atoms with Crippen molar-refractivity contribution in [2.45, 2.75) is 25.3 Å². The number of amides is 1. The molecule has 2 rings (SSSR count). The van der Waals surface area contributed by atoms with Gasteiger partial charge in [0.2, 0.25) is 5.91 Å². The van der Waals surface area contributed by atoms with Crippen molar-refractivity contribution < 1.29 is 4.79 Å². The zero-order valence-electron chi connectivity index (χ0n) is 12.0. The molecule has 0 heterocycles. The lowest BCUT2D eigenvalue weighted by atomic mass is 9.87. The van der Waals surface area contributed by atoms with Crippen LogP contribution in [0.5, 0.6) is 0 Å². The Labute approximate surface area is 130 Å². The van der Waals surface area contributed by atoms with Gasteiger partial charge in [-0.2, -0.15) is 0 Å². The molecule has 4 heteroatoms. The van der Waals surface area contributed by atoms with Crippen molar-refractivity contribution in [1.82, 2.24) is 0 Å². The first-order valence-corrected chi connectivity index (χ1v) is 7.31. The summed E-state index contributed by atoms with van der Waals surface area (Å²) in [5, 5.41) is 3.94. The van der Waals surface area contributed by atoms with E-state index in [1.165, 1.54) is 0 Å². The molecule has 1 atom stereocenters. The Bertz CT molecular complexity index is 598. The lowest BCUT2D eigenvalue weighted by Gasteiger charge is -2.32. The fraction of sp³-hybridized carbons (Fsp3) is 0.235. The number of nitrogens with one attached hydrogen (secondary N) is 1. The predicted octanol–water partition coefficient (Wildman–Crippen LogP) is 3.63. The van der Waals surface area contributed by atoms with E-state index in [1.54, 1.807) is 12.1 Å². The maximum Gasteiger partial charge on any atom is 0.243 e. The highest BCUT2D eigenvalue weighted by Crippen LogP contribution is 2.24. The van der Waals surface area contributed by atoms with Crippen molar-refractivity contribution in [1.29, 1.82) is 0 Å². The van der Waals surface area contributed by atoms with Gasteiger partial charge in [-0.3, -0.25) is 4.79 Å². The molecule has 110 valence electrons. The Morgan fingerprint density at radius 2 is 1.76 bits per heavy atom. The number of carbonyl (C=O) groups excluding carboxylic acids is 1. The van der Waals surface area contributed by atoms with Crippen molar-refractivity contribution >= 4 is 23.2 Å². The summed E-state index contributed by atoms with van der Waals surface area (Å²) in [5.74, 6) is -0.358. The molecule has 0 radical (unpaired) electrons. The first-order chi connectivity index (χ1) is 10.1. The highest BCUT2D eigenvalue weighted by atomic mass is 35.5. The molecule has 3 N–H and O–H groups in total. The smallest absolute Gasteiger partial charge is 0.243 e. The summed E-state index contributed by atoms with van der Waals surface area (Å²) in [6, 6.07) is 17.1. The number of carbonyl (C=O) groups is 1. The molecule has 1 unspecified atom stereocenters. The maximum absolute atomic E-state index is 12.1. The molecule has 21 heavy (non-hydrogen) atoms. The number of hydrogen-bond acceptors (Lipinski definition) is 2. The van der Waals surface area contributed by atoms with Gasteiger partial charge >= 0.3 is 0 Å². The third-order valence-electron chi connectivity index (χ3n) is 3.65. The molecule has 2 aromatic carbocycles. The SMILES string of the molecule is CCC(Cc1ccccc1)(Nc1ccc(Cl)cc1)C(N)=O. The molecule has 1 amide bonds. The monoisotopic (exact) mass is 302 g/mol. The van der Waals surface area contributed by atoms with E-state index < -0.39 is 5.54 Å². The summed E-state index contributed by atoms with van der Waals surface area (Å²) in [6.07, 6.45) is 1.14. The molecule has 0 aliphatic heterocycles. The summed E-state index contributed by atoms with van der Waals surface area (Å²) in [5.41, 5.74) is 6.77. The zero-order valence-corrected chi connectivity index (χ0v) is 12.7. The molecular formula is C17H19ClN2O. The molecule has 0 spiro atoms. The Balaban J connectivity index is 2.28. The third kappa shape index (κ3) is 3.76. The number of hydrogen-bond donors (Lipinski definition) is 2. The van der Waals surface area contributed by atoms with Crippen LogP contribution >= 0.6 is 11.6 Å². The molecule has 2 aromatic rings. The lowest BCUT2D eigenvalue weighted by molar-refractivity contribution is -0.122. The maximum atomic E-state index is 12.1. The molecule has 0 bridgehead atoms. The fourth-order valence-corrected chi connectivity index (χ4v) is 2.46. The van der Waals surface area contributed by atoms with Crippen molar-refractivity contribution in [2.75, 3.05) is 5.32 Å². The standard InChI is InChI=1S/C17H19ClN2O/c1-2-17(16(19)21,12-13-6-4-3-5-7-13)20-15-10-8-14(18)9-11-15/h3-11,20H,2,12H2,1H3,(H2,19,21). The Morgan fingerprint density at radius 3 is 2.29 bits per heavy atom. The molecule has 0 fully saturated rings. The van der Waals surface area contributed by atoms with Crippen LogP contribution < -0.4 is 11.1 Å². The van der Waals surface area contributed by atoms with Crippen LogP contribution in [0, 0.1) is 0 Å². The first-order valence-electron chi connectivity index (χ1n) is 6.93. The van der Waals surface area contributed by atoms with Crippen LogP contribution in [-0.2, 0) is 11.2 Å². The van der Waals surface area contributed by atoms with E-state index >= 15 is 0 Å². The Hall–Kier alpha value is -2.00. The van der Waals surface area contributed by atoms with Crippen LogP contribution in [0.3, 0.4) is 0 Å². The van der Waals surface area contributed by atoms with E-state index in [1.807, 2.05) is 49.4 Å². The van der Waals surface area contributed by atoms with Gasteiger partial charge < -0.3 is 11.1 Å². The minimum Gasteiger partial charge on any atom is -0.371 e. The molecule has 0 aromatic heterocycles. The van der Waals surface area contributed by atoms with Crippen LogP contribution in [0.1, 0.15) is 18.9 Å². The third-order valence-corrected chi connectivity index (χ3v) is 3.90. The van der Waals surface area contributed by atoms with Crippen molar-refractivity contribution in [3.05, 3.63) is 65.2 Å². The fourth-order valence-electron chi connectivity index (χ4n) is 2.33. The first kappa shape index (κ1) is 15.4. The average Bonchev–Trinajstić information content (AvgIpc) is 2.49. The summed E-state index contributed by atoms with van der Waals surface area (Å²) in [4.78, 5) is 12.1. The summed E-state index contributed by atoms with van der Waals surface area (Å²) < 4.78 is 0. The number of anilines is 1. The quantitative estimate of drug-likeness (QED) is 0.856. The highest BCUT2D eigenvalue weighted by Gasteiger charge is 2.34. The van der Waals surface area contributed by atoms with Gasteiger partial charge in [-0.05, 0) is 36.2 Å². The van der Waals surface area contributed by atoms with Crippen molar-refractivity contribution in [3.63, 3.8) is 0 Å². The van der Waals surface area contributed by atoms with Gasteiger partial charge in [-0.1, -0.05) is 48.9 Å². The van der Waals surface area contributed by atoms with E-state index in [0.717, 1.165) is 11.3 Å². The van der Waals surface area contributed by atoms with Gasteiger partial charge in [0.15, 0.2) is 0 Å². The minimum atomic E-state index is -0.810. The van der Waals surface area contributed by atoms with Crippen LogP contribution in [0.15, 0.2) is 54.6 Å². The van der Waals surface area contributed by atoms with E-state index in [9.17, 15) is 4.79 Å². The Kier molecular flexibility index (Phi) is 4.86. The average molecular weight is 303 g/mol. The molecule has 3 nitrogen and oxygen atoms in total. The second kappa shape index (κ2) is 6.64. The number of halogens is 1. The summed E-state index contributed by atoms with van der Waals surface area (Å²) >= 11 is 5.89. The second-order valence-corrected chi connectivity index (χ2v) is 5.53. The van der Waals surface area contributed by atoms with Gasteiger partial charge in [0.1, 0.15) is 5.54 Å². The van der Waals surface area contributed by atoms with Crippen molar-refractivity contribution in [2.24, 2.45) is 5.73 Å². The van der Waals surface area contributed by atoms with Crippen LogP contribution in [-0.4, -0.2) is 11.4 Å². The van der Waals surface area contributed by atoms with Crippen molar-refractivity contribution in [3.8, 4) is 0 Å². The number of rotatable bonds is 6. The number of benzene rings is 2. The van der Waals surface area contributed by atoms with E-state index in [2.05, 4.69) is 5.32 Å². The number of nitrogens with two attached hydrogens (primary N) is 1. The van der Waals surface area contributed by atoms with Gasteiger partial charge in [0, 0.05) is 17.1 Å². The topological polar surface area (TPSA) is 55.1 Å². The zero-order chi connectivity index (χ0) is 15.3. The van der Waals surface area contributed by atoms with Gasteiger partial charge in [0.05, 0.1) is 0 Å².